The van der Waals surface area contributed by atoms with E-state index in [0.717, 1.165) is 44.7 Å². The van der Waals surface area contributed by atoms with E-state index in [0.29, 0.717) is 5.56 Å². The highest BCUT2D eigenvalue weighted by molar-refractivity contribution is 6.12. The Morgan fingerprint density at radius 2 is 1.00 bits per heavy atom. The SMILES string of the molecule is N#Cc1cc(-c2ccccc2)c(-n2c3ccccc3c3cc(-n4c5ccccc5c5ccccc54)ccc32)cc1-c1ccncc1. The van der Waals surface area contributed by atoms with Gasteiger partial charge in [-0.2, -0.15) is 5.26 Å². The van der Waals surface area contributed by atoms with Crippen molar-refractivity contribution in [2.24, 2.45) is 0 Å². The third-order valence-electron chi connectivity index (χ3n) is 9.07. The Morgan fingerprint density at radius 3 is 1.65 bits per heavy atom. The van der Waals surface area contributed by atoms with Gasteiger partial charge in [-0.15, -0.1) is 0 Å². The fourth-order valence-corrected chi connectivity index (χ4v) is 7.05. The molecule has 214 valence electrons. The first-order valence-electron chi connectivity index (χ1n) is 15.4. The lowest BCUT2D eigenvalue weighted by atomic mass is 9.94. The van der Waals surface area contributed by atoms with Crippen LogP contribution in [0.1, 0.15) is 5.56 Å². The molecule has 0 saturated carbocycles. The number of pyridine rings is 1. The van der Waals surface area contributed by atoms with E-state index in [1.165, 1.54) is 32.6 Å². The Balaban J connectivity index is 1.37. The largest absolute Gasteiger partial charge is 0.309 e. The fourth-order valence-electron chi connectivity index (χ4n) is 7.05. The zero-order chi connectivity index (χ0) is 30.6. The van der Waals surface area contributed by atoms with Gasteiger partial charge in [-0.3, -0.25) is 4.98 Å². The van der Waals surface area contributed by atoms with E-state index in [4.69, 9.17) is 0 Å². The van der Waals surface area contributed by atoms with Gasteiger partial charge in [0, 0.05) is 50.8 Å². The Morgan fingerprint density at radius 1 is 0.457 bits per heavy atom. The summed E-state index contributed by atoms with van der Waals surface area (Å²) in [5.41, 5.74) is 11.3. The summed E-state index contributed by atoms with van der Waals surface area (Å²) in [4.78, 5) is 4.22. The molecule has 0 bridgehead atoms. The van der Waals surface area contributed by atoms with Crippen molar-refractivity contribution in [1.82, 2.24) is 14.1 Å². The van der Waals surface area contributed by atoms with Crippen molar-refractivity contribution in [1.29, 1.82) is 5.26 Å². The fraction of sp³-hybridized carbons (Fsp3) is 0. The first-order chi connectivity index (χ1) is 22.8. The predicted molar refractivity (Wildman–Crippen MR) is 189 cm³/mol. The molecule has 6 aromatic carbocycles. The van der Waals surface area contributed by atoms with Crippen LogP contribution in [0.15, 0.2) is 158 Å². The topological polar surface area (TPSA) is 46.5 Å². The van der Waals surface area contributed by atoms with Crippen LogP contribution >= 0.6 is 0 Å². The molecular weight excluding hydrogens is 560 g/mol. The zero-order valence-corrected chi connectivity index (χ0v) is 24.8. The second-order valence-corrected chi connectivity index (χ2v) is 11.6. The van der Waals surface area contributed by atoms with Crippen molar-refractivity contribution in [3.8, 4) is 39.7 Å². The van der Waals surface area contributed by atoms with Crippen LogP contribution in [0.2, 0.25) is 0 Å². The minimum absolute atomic E-state index is 0.628. The van der Waals surface area contributed by atoms with Crippen LogP contribution < -0.4 is 0 Å². The van der Waals surface area contributed by atoms with Crippen molar-refractivity contribution in [3.63, 3.8) is 0 Å². The van der Waals surface area contributed by atoms with Crippen LogP contribution in [0.3, 0.4) is 0 Å². The summed E-state index contributed by atoms with van der Waals surface area (Å²) in [5, 5.41) is 15.1. The Hall–Kier alpha value is -6.44. The summed E-state index contributed by atoms with van der Waals surface area (Å²) in [6.45, 7) is 0. The van der Waals surface area contributed by atoms with Crippen molar-refractivity contribution < 1.29 is 0 Å². The summed E-state index contributed by atoms with van der Waals surface area (Å²) in [6.07, 6.45) is 3.55. The second kappa shape index (κ2) is 10.3. The molecule has 4 heteroatoms. The van der Waals surface area contributed by atoms with Gasteiger partial charge in [0.15, 0.2) is 0 Å². The molecule has 9 rings (SSSR count). The summed E-state index contributed by atoms with van der Waals surface area (Å²) >= 11 is 0. The maximum Gasteiger partial charge on any atom is 0.0998 e. The monoisotopic (exact) mass is 586 g/mol. The predicted octanol–water partition coefficient (Wildman–Crippen LogP) is 10.5. The van der Waals surface area contributed by atoms with Gasteiger partial charge in [-0.05, 0) is 71.8 Å². The lowest BCUT2D eigenvalue weighted by Gasteiger charge is -2.17. The van der Waals surface area contributed by atoms with Gasteiger partial charge < -0.3 is 9.13 Å². The standard InChI is InChI=1S/C42H26N4/c43-27-30-24-36(28-10-2-1-3-11-28)42(26-35(30)29-20-22-44-23-21-29)46-40-17-9-6-14-34(40)37-25-31(18-19-41(37)46)45-38-15-7-4-12-32(38)33-13-5-8-16-39(33)45/h1-26H. The van der Waals surface area contributed by atoms with E-state index in [1.807, 2.05) is 36.4 Å². The molecule has 0 radical (unpaired) electrons. The van der Waals surface area contributed by atoms with Gasteiger partial charge in [0.1, 0.15) is 0 Å². The van der Waals surface area contributed by atoms with Gasteiger partial charge >= 0.3 is 0 Å². The highest BCUT2D eigenvalue weighted by Gasteiger charge is 2.20. The summed E-state index contributed by atoms with van der Waals surface area (Å²) < 4.78 is 4.73. The van der Waals surface area contributed by atoms with Crippen LogP contribution in [0.25, 0.3) is 77.2 Å². The molecule has 0 spiro atoms. The molecule has 3 heterocycles. The van der Waals surface area contributed by atoms with E-state index < -0.39 is 0 Å². The van der Waals surface area contributed by atoms with Crippen molar-refractivity contribution in [2.45, 2.75) is 0 Å². The Bertz CT molecular complexity index is 2580. The van der Waals surface area contributed by atoms with E-state index in [-0.39, 0.29) is 0 Å². The molecule has 4 nitrogen and oxygen atoms in total. The number of benzene rings is 6. The molecule has 0 fully saturated rings. The highest BCUT2D eigenvalue weighted by Crippen LogP contribution is 2.41. The molecule has 0 aliphatic heterocycles. The average Bonchev–Trinajstić information content (AvgIpc) is 3.64. The highest BCUT2D eigenvalue weighted by atomic mass is 15.0. The summed E-state index contributed by atoms with van der Waals surface area (Å²) in [6, 6.07) is 53.6. The number of rotatable bonds is 4. The average molecular weight is 587 g/mol. The number of nitrogens with zero attached hydrogens (tertiary/aromatic N) is 4. The lowest BCUT2D eigenvalue weighted by molar-refractivity contribution is 1.16. The first kappa shape index (κ1) is 26.0. The minimum atomic E-state index is 0.628. The van der Waals surface area contributed by atoms with Gasteiger partial charge in [0.25, 0.3) is 0 Å². The Labute approximate surface area is 265 Å². The van der Waals surface area contributed by atoms with Crippen molar-refractivity contribution >= 4 is 43.6 Å². The molecule has 0 atom stereocenters. The molecule has 3 aromatic heterocycles. The van der Waals surface area contributed by atoms with Crippen LogP contribution in [0, 0.1) is 11.3 Å². The normalized spacial score (nSPS) is 11.5. The number of hydrogen-bond acceptors (Lipinski definition) is 2. The van der Waals surface area contributed by atoms with Gasteiger partial charge in [0.2, 0.25) is 0 Å². The minimum Gasteiger partial charge on any atom is -0.309 e. The van der Waals surface area contributed by atoms with E-state index in [9.17, 15) is 5.26 Å². The first-order valence-corrected chi connectivity index (χ1v) is 15.4. The molecular formula is C42H26N4. The van der Waals surface area contributed by atoms with Gasteiger partial charge in [0.05, 0.1) is 39.4 Å². The molecule has 0 amide bonds. The number of fused-ring (bicyclic) bond motifs is 6. The van der Waals surface area contributed by atoms with Crippen molar-refractivity contribution in [3.05, 3.63) is 164 Å². The molecule has 0 saturated heterocycles. The molecule has 0 unspecified atom stereocenters. The molecule has 46 heavy (non-hydrogen) atoms. The van der Waals surface area contributed by atoms with Crippen LogP contribution in [-0.2, 0) is 0 Å². The molecule has 0 aliphatic carbocycles. The van der Waals surface area contributed by atoms with Crippen LogP contribution in [0.4, 0.5) is 0 Å². The van der Waals surface area contributed by atoms with Gasteiger partial charge in [-0.25, -0.2) is 0 Å². The molecule has 0 aliphatic rings. The third kappa shape index (κ3) is 3.89. The third-order valence-corrected chi connectivity index (χ3v) is 9.07. The maximum absolute atomic E-state index is 10.3. The number of para-hydroxylation sites is 3. The van der Waals surface area contributed by atoms with E-state index >= 15 is 0 Å². The lowest BCUT2D eigenvalue weighted by Crippen LogP contribution is -2.00. The molecule has 0 N–H and O–H groups in total. The van der Waals surface area contributed by atoms with E-state index in [2.05, 4.69) is 129 Å². The maximum atomic E-state index is 10.3. The number of aromatic nitrogens is 3. The smallest absolute Gasteiger partial charge is 0.0998 e. The summed E-state index contributed by atoms with van der Waals surface area (Å²) in [7, 11) is 0. The number of hydrogen-bond donors (Lipinski definition) is 0. The van der Waals surface area contributed by atoms with E-state index in [1.54, 1.807) is 12.4 Å². The quantitative estimate of drug-likeness (QED) is 0.206. The summed E-state index contributed by atoms with van der Waals surface area (Å²) in [5.74, 6) is 0. The Kier molecular flexibility index (Phi) is 5.84. The second-order valence-electron chi connectivity index (χ2n) is 11.6. The number of nitriles is 1. The van der Waals surface area contributed by atoms with Crippen LogP contribution in [-0.4, -0.2) is 14.1 Å². The van der Waals surface area contributed by atoms with Crippen LogP contribution in [0.5, 0.6) is 0 Å². The zero-order valence-electron chi connectivity index (χ0n) is 24.8. The van der Waals surface area contributed by atoms with Gasteiger partial charge in [-0.1, -0.05) is 84.9 Å². The molecule has 9 aromatic rings. The van der Waals surface area contributed by atoms with Crippen molar-refractivity contribution in [2.75, 3.05) is 0 Å².